The molecule has 0 aliphatic carbocycles. The van der Waals surface area contributed by atoms with Gasteiger partial charge in [-0.15, -0.1) is 0 Å². The van der Waals surface area contributed by atoms with Gasteiger partial charge in [0, 0.05) is 32.4 Å². The van der Waals surface area contributed by atoms with Crippen LogP contribution < -0.4 is 5.32 Å². The zero-order valence-corrected chi connectivity index (χ0v) is 14.2. The number of carbonyl (C=O) groups excluding carboxylic acids is 1. The summed E-state index contributed by atoms with van der Waals surface area (Å²) in [6.45, 7) is 5.45. The molecule has 2 aromatic heterocycles. The van der Waals surface area contributed by atoms with Crippen LogP contribution >= 0.6 is 0 Å². The number of rotatable bonds is 5. The quantitative estimate of drug-likeness (QED) is 0.725. The molecule has 0 atom stereocenters. The Morgan fingerprint density at radius 2 is 2.04 bits per heavy atom. The predicted octanol–water partition coefficient (Wildman–Crippen LogP) is 2.67. The second kappa shape index (κ2) is 6.64. The maximum Gasteiger partial charge on any atom is 0.257 e. The molecule has 0 bridgehead atoms. The predicted molar refractivity (Wildman–Crippen MR) is 94.0 cm³/mol. The molecule has 3 aromatic rings. The molecule has 0 fully saturated rings. The molecule has 1 aromatic carbocycles. The highest BCUT2D eigenvalue weighted by molar-refractivity contribution is 5.96. The molecule has 0 unspecified atom stereocenters. The Balaban J connectivity index is 1.27. The van der Waals surface area contributed by atoms with Crippen molar-refractivity contribution in [1.82, 2.24) is 20.4 Å². The normalized spacial score (nSPS) is 14.0. The zero-order valence-electron chi connectivity index (χ0n) is 14.2. The van der Waals surface area contributed by atoms with E-state index in [9.17, 15) is 4.79 Å². The van der Waals surface area contributed by atoms with Crippen molar-refractivity contribution in [2.45, 2.75) is 26.4 Å². The van der Waals surface area contributed by atoms with Crippen LogP contribution in [-0.2, 0) is 13.1 Å². The Morgan fingerprint density at radius 3 is 2.80 bits per heavy atom. The lowest BCUT2D eigenvalue weighted by Gasteiger charge is -2.14. The summed E-state index contributed by atoms with van der Waals surface area (Å²) in [6.07, 6.45) is 2.45. The maximum atomic E-state index is 12.3. The number of carbonyl (C=O) groups is 1. The molecule has 1 amide bonds. The third-order valence-corrected chi connectivity index (χ3v) is 4.62. The number of amides is 1. The van der Waals surface area contributed by atoms with Gasteiger partial charge < -0.3 is 9.84 Å². The Kier molecular flexibility index (Phi) is 4.19. The lowest BCUT2D eigenvalue weighted by Crippen LogP contribution is -2.28. The third-order valence-electron chi connectivity index (χ3n) is 4.62. The fourth-order valence-electron chi connectivity index (χ4n) is 3.24. The average molecular weight is 336 g/mol. The lowest BCUT2D eigenvalue weighted by molar-refractivity contribution is 0.0951. The number of hydrogen-bond acceptors (Lipinski definition) is 5. The second-order valence-corrected chi connectivity index (χ2v) is 6.43. The number of nitrogens with zero attached hydrogens (tertiary/aromatic N) is 3. The van der Waals surface area contributed by atoms with Crippen LogP contribution in [0.2, 0.25) is 0 Å². The van der Waals surface area contributed by atoms with Crippen LogP contribution in [-0.4, -0.2) is 34.0 Å². The van der Waals surface area contributed by atoms with Crippen molar-refractivity contribution in [3.8, 4) is 0 Å². The van der Waals surface area contributed by atoms with Gasteiger partial charge in [-0.2, -0.15) is 0 Å². The summed E-state index contributed by atoms with van der Waals surface area (Å²) in [7, 11) is 0. The summed E-state index contributed by atoms with van der Waals surface area (Å²) in [6, 6.07) is 10.3. The SMILES string of the molecule is Cc1noc2ncc(C(=O)NCCCN3Cc4ccccc4C3)cc12. The van der Waals surface area contributed by atoms with E-state index in [0.29, 0.717) is 17.8 Å². The fourth-order valence-corrected chi connectivity index (χ4v) is 3.24. The van der Waals surface area contributed by atoms with Crippen LogP contribution in [0, 0.1) is 6.92 Å². The molecule has 6 nitrogen and oxygen atoms in total. The van der Waals surface area contributed by atoms with E-state index in [1.165, 1.54) is 17.3 Å². The summed E-state index contributed by atoms with van der Waals surface area (Å²) in [4.78, 5) is 18.8. The van der Waals surface area contributed by atoms with Crippen molar-refractivity contribution in [2.75, 3.05) is 13.1 Å². The molecule has 0 saturated carbocycles. The number of hydrogen-bond donors (Lipinski definition) is 1. The highest BCUT2D eigenvalue weighted by Crippen LogP contribution is 2.22. The minimum atomic E-state index is -0.111. The van der Waals surface area contributed by atoms with Crippen molar-refractivity contribution in [3.05, 3.63) is 58.9 Å². The van der Waals surface area contributed by atoms with Gasteiger partial charge in [-0.25, -0.2) is 4.98 Å². The summed E-state index contributed by atoms with van der Waals surface area (Å²) >= 11 is 0. The molecule has 0 spiro atoms. The minimum absolute atomic E-state index is 0.111. The Morgan fingerprint density at radius 1 is 1.28 bits per heavy atom. The van der Waals surface area contributed by atoms with E-state index in [1.807, 2.05) is 6.92 Å². The second-order valence-electron chi connectivity index (χ2n) is 6.43. The van der Waals surface area contributed by atoms with Gasteiger partial charge in [-0.1, -0.05) is 29.4 Å². The van der Waals surface area contributed by atoms with Crippen LogP contribution in [0.3, 0.4) is 0 Å². The zero-order chi connectivity index (χ0) is 17.2. The van der Waals surface area contributed by atoms with Gasteiger partial charge in [0.05, 0.1) is 16.6 Å². The molecule has 1 N–H and O–H groups in total. The van der Waals surface area contributed by atoms with Gasteiger partial charge in [0.2, 0.25) is 0 Å². The van der Waals surface area contributed by atoms with Gasteiger partial charge in [-0.3, -0.25) is 9.69 Å². The highest BCUT2D eigenvalue weighted by Gasteiger charge is 2.17. The Bertz CT molecular complexity index is 894. The Labute approximate surface area is 145 Å². The molecule has 4 rings (SSSR count). The van der Waals surface area contributed by atoms with Gasteiger partial charge in [0.25, 0.3) is 11.6 Å². The van der Waals surface area contributed by atoms with Crippen LogP contribution in [0.15, 0.2) is 41.1 Å². The van der Waals surface area contributed by atoms with Crippen LogP contribution in [0.1, 0.15) is 33.6 Å². The first kappa shape index (κ1) is 15.8. The first-order valence-corrected chi connectivity index (χ1v) is 8.50. The monoisotopic (exact) mass is 336 g/mol. The number of pyridine rings is 1. The summed E-state index contributed by atoms with van der Waals surface area (Å²) in [5, 5.41) is 7.60. The van der Waals surface area contributed by atoms with Crippen LogP contribution in [0.4, 0.5) is 0 Å². The van der Waals surface area contributed by atoms with Gasteiger partial charge >= 0.3 is 0 Å². The smallest absolute Gasteiger partial charge is 0.257 e. The molecule has 1 aliphatic heterocycles. The first-order chi connectivity index (χ1) is 12.2. The number of fused-ring (bicyclic) bond motifs is 2. The number of nitrogens with one attached hydrogen (secondary N) is 1. The van der Waals surface area contributed by atoms with Crippen molar-refractivity contribution in [1.29, 1.82) is 0 Å². The van der Waals surface area contributed by atoms with E-state index in [4.69, 9.17) is 4.52 Å². The van der Waals surface area contributed by atoms with Crippen molar-refractivity contribution in [3.63, 3.8) is 0 Å². The summed E-state index contributed by atoms with van der Waals surface area (Å²) < 4.78 is 5.07. The van der Waals surface area contributed by atoms with Crippen molar-refractivity contribution in [2.24, 2.45) is 0 Å². The van der Waals surface area contributed by atoms with E-state index in [-0.39, 0.29) is 5.91 Å². The van der Waals surface area contributed by atoms with Gasteiger partial charge in [0.15, 0.2) is 0 Å². The molecular formula is C19H20N4O2. The fraction of sp³-hybridized carbons (Fsp3) is 0.316. The van der Waals surface area contributed by atoms with E-state index >= 15 is 0 Å². The van der Waals surface area contributed by atoms with E-state index in [0.717, 1.165) is 37.1 Å². The van der Waals surface area contributed by atoms with E-state index in [1.54, 1.807) is 6.07 Å². The number of aryl methyl sites for hydroxylation is 1. The van der Waals surface area contributed by atoms with E-state index < -0.39 is 0 Å². The molecule has 0 saturated heterocycles. The highest BCUT2D eigenvalue weighted by atomic mass is 16.5. The molecular weight excluding hydrogens is 316 g/mol. The summed E-state index contributed by atoms with van der Waals surface area (Å²) in [5.74, 6) is -0.111. The molecule has 25 heavy (non-hydrogen) atoms. The standard InChI is InChI=1S/C19H20N4O2/c1-13-17-9-16(10-21-19(17)25-22-13)18(24)20-7-4-8-23-11-14-5-2-3-6-15(14)12-23/h2-3,5-6,9-10H,4,7-8,11-12H2,1H3,(H,20,24). The molecule has 128 valence electrons. The van der Waals surface area contributed by atoms with Crippen LogP contribution in [0.5, 0.6) is 0 Å². The van der Waals surface area contributed by atoms with Crippen LogP contribution in [0.25, 0.3) is 11.1 Å². The lowest BCUT2D eigenvalue weighted by atomic mass is 10.1. The van der Waals surface area contributed by atoms with Crippen molar-refractivity contribution < 1.29 is 9.32 Å². The topological polar surface area (TPSA) is 71.3 Å². The molecule has 1 aliphatic rings. The molecule has 3 heterocycles. The van der Waals surface area contributed by atoms with Gasteiger partial charge in [-0.05, 0) is 30.5 Å². The van der Waals surface area contributed by atoms with Gasteiger partial charge in [0.1, 0.15) is 0 Å². The third kappa shape index (κ3) is 3.25. The minimum Gasteiger partial charge on any atom is -0.352 e. The largest absolute Gasteiger partial charge is 0.352 e. The average Bonchev–Trinajstić information content (AvgIpc) is 3.21. The first-order valence-electron chi connectivity index (χ1n) is 8.50. The molecule has 0 radical (unpaired) electrons. The Hall–Kier alpha value is -2.73. The maximum absolute atomic E-state index is 12.3. The van der Waals surface area contributed by atoms with E-state index in [2.05, 4.69) is 44.6 Å². The number of aromatic nitrogens is 2. The number of benzene rings is 1. The molecule has 6 heteroatoms. The van der Waals surface area contributed by atoms with Crippen molar-refractivity contribution >= 4 is 17.0 Å². The summed E-state index contributed by atoms with van der Waals surface area (Å²) in [5.41, 5.74) is 4.56.